The molecule has 0 unspecified atom stereocenters. The quantitative estimate of drug-likeness (QED) is 0.382. The summed E-state index contributed by atoms with van der Waals surface area (Å²) in [6.45, 7) is 1.33. The highest BCUT2D eigenvalue weighted by Gasteiger charge is 2.00. The summed E-state index contributed by atoms with van der Waals surface area (Å²) in [5, 5.41) is 10.3. The summed E-state index contributed by atoms with van der Waals surface area (Å²) in [7, 11) is 0. The lowest BCUT2D eigenvalue weighted by Crippen LogP contribution is -1.99. The molecular formula is C11H11FN4O2. The Morgan fingerprint density at radius 3 is 2.89 bits per heavy atom. The summed E-state index contributed by atoms with van der Waals surface area (Å²) in [4.78, 5) is 17.4. The highest BCUT2D eigenvalue weighted by Crippen LogP contribution is 2.06. The van der Waals surface area contributed by atoms with Gasteiger partial charge in [0.2, 0.25) is 5.70 Å². The highest BCUT2D eigenvalue weighted by atomic mass is 19.1. The van der Waals surface area contributed by atoms with Crippen molar-refractivity contribution in [2.24, 2.45) is 10.7 Å². The molecule has 1 rings (SSSR count). The van der Waals surface area contributed by atoms with Gasteiger partial charge in [-0.3, -0.25) is 10.1 Å². The van der Waals surface area contributed by atoms with E-state index in [4.69, 9.17) is 5.73 Å². The normalized spacial score (nSPS) is 13.0. The van der Waals surface area contributed by atoms with Crippen LogP contribution in [0, 0.1) is 15.9 Å². The van der Waals surface area contributed by atoms with Gasteiger partial charge in [-0.25, -0.2) is 14.4 Å². The summed E-state index contributed by atoms with van der Waals surface area (Å²) in [5.74, 6) is -0.135. The van der Waals surface area contributed by atoms with Crippen LogP contribution in [0.1, 0.15) is 6.92 Å². The molecule has 94 valence electrons. The Bertz CT molecular complexity index is 520. The van der Waals surface area contributed by atoms with Crippen molar-refractivity contribution in [3.8, 4) is 0 Å². The fourth-order valence-corrected chi connectivity index (χ4v) is 0.986. The number of hydrogen-bond donors (Lipinski definition) is 1. The third-order valence-corrected chi connectivity index (χ3v) is 1.85. The molecular weight excluding hydrogens is 239 g/mol. The van der Waals surface area contributed by atoms with E-state index in [2.05, 4.69) is 9.98 Å². The second-order valence-corrected chi connectivity index (χ2v) is 3.32. The zero-order valence-corrected chi connectivity index (χ0v) is 9.58. The second-order valence-electron chi connectivity index (χ2n) is 3.32. The first-order valence-corrected chi connectivity index (χ1v) is 4.93. The summed E-state index contributed by atoms with van der Waals surface area (Å²) in [6.07, 6.45) is 4.97. The van der Waals surface area contributed by atoms with Gasteiger partial charge in [0.25, 0.3) is 0 Å². The SMILES string of the molecule is C/C(=C\C(N)=C\C=Nc1ccc(F)cn1)[N+](=O)[O-]. The van der Waals surface area contributed by atoms with Crippen LogP contribution in [0.3, 0.4) is 0 Å². The van der Waals surface area contributed by atoms with Crippen LogP contribution in [-0.4, -0.2) is 16.1 Å². The van der Waals surface area contributed by atoms with Gasteiger partial charge >= 0.3 is 0 Å². The highest BCUT2D eigenvalue weighted by molar-refractivity contribution is 5.75. The fraction of sp³-hybridized carbons (Fsp3) is 0.0909. The van der Waals surface area contributed by atoms with Crippen LogP contribution in [-0.2, 0) is 0 Å². The number of aliphatic imine (C=N–C) groups is 1. The third kappa shape index (κ3) is 4.52. The minimum atomic E-state index is -0.542. The number of pyridine rings is 1. The van der Waals surface area contributed by atoms with Crippen molar-refractivity contribution in [2.45, 2.75) is 6.92 Å². The summed E-state index contributed by atoms with van der Waals surface area (Å²) >= 11 is 0. The Morgan fingerprint density at radius 1 is 1.61 bits per heavy atom. The van der Waals surface area contributed by atoms with E-state index in [-0.39, 0.29) is 11.4 Å². The van der Waals surface area contributed by atoms with Crippen LogP contribution in [0.4, 0.5) is 10.2 Å². The maximum Gasteiger partial charge on any atom is 0.245 e. The first-order chi connectivity index (χ1) is 8.49. The number of aromatic nitrogens is 1. The summed E-state index contributed by atoms with van der Waals surface area (Å²) in [5.41, 5.74) is 5.63. The standard InChI is InChI=1S/C11H11FN4O2/c1-8(16(17)18)6-10(13)4-5-14-11-3-2-9(12)7-15-11/h2-7H,13H2,1H3/b8-6+,10-4-,14-5?. The Hall–Kier alpha value is -2.57. The average Bonchev–Trinajstić information content (AvgIpc) is 2.31. The molecule has 0 radical (unpaired) electrons. The predicted molar refractivity (Wildman–Crippen MR) is 65.4 cm³/mol. The monoisotopic (exact) mass is 250 g/mol. The molecule has 0 amide bonds. The molecule has 1 aromatic heterocycles. The molecule has 6 nitrogen and oxygen atoms in total. The lowest BCUT2D eigenvalue weighted by atomic mass is 10.3. The first kappa shape index (κ1) is 13.5. The molecule has 0 aromatic carbocycles. The van der Waals surface area contributed by atoms with E-state index in [1.807, 2.05) is 0 Å². The van der Waals surface area contributed by atoms with Gasteiger partial charge in [-0.15, -0.1) is 0 Å². The molecule has 0 saturated carbocycles. The van der Waals surface area contributed by atoms with Crippen LogP contribution in [0.15, 0.2) is 46.9 Å². The number of nitrogens with zero attached hydrogens (tertiary/aromatic N) is 3. The topological polar surface area (TPSA) is 94.4 Å². The molecule has 7 heteroatoms. The zero-order valence-electron chi connectivity index (χ0n) is 9.58. The van der Waals surface area contributed by atoms with Crippen molar-refractivity contribution in [2.75, 3.05) is 0 Å². The van der Waals surface area contributed by atoms with Gasteiger partial charge in [0.05, 0.1) is 11.1 Å². The van der Waals surface area contributed by atoms with Crippen molar-refractivity contribution in [1.29, 1.82) is 0 Å². The lowest BCUT2D eigenvalue weighted by Gasteiger charge is -1.92. The minimum Gasteiger partial charge on any atom is -0.398 e. The van der Waals surface area contributed by atoms with Crippen molar-refractivity contribution in [3.05, 3.63) is 57.8 Å². The molecule has 0 atom stereocenters. The second kappa shape index (κ2) is 6.24. The lowest BCUT2D eigenvalue weighted by molar-refractivity contribution is -0.424. The first-order valence-electron chi connectivity index (χ1n) is 4.93. The van der Waals surface area contributed by atoms with Crippen LogP contribution in [0.2, 0.25) is 0 Å². The average molecular weight is 250 g/mol. The molecule has 0 aliphatic heterocycles. The van der Waals surface area contributed by atoms with E-state index in [0.717, 1.165) is 6.20 Å². The van der Waals surface area contributed by atoms with Gasteiger partial charge in [-0.1, -0.05) is 0 Å². The molecule has 1 aromatic rings. The number of nitrogens with two attached hydrogens (primary N) is 1. The van der Waals surface area contributed by atoms with Crippen molar-refractivity contribution in [3.63, 3.8) is 0 Å². The molecule has 0 bridgehead atoms. The van der Waals surface area contributed by atoms with E-state index < -0.39 is 10.7 Å². The maximum atomic E-state index is 12.5. The van der Waals surface area contributed by atoms with E-state index >= 15 is 0 Å². The van der Waals surface area contributed by atoms with Crippen LogP contribution in [0.25, 0.3) is 0 Å². The Labute approximate surface area is 103 Å². The molecule has 18 heavy (non-hydrogen) atoms. The fourth-order valence-electron chi connectivity index (χ4n) is 0.986. The Morgan fingerprint density at radius 2 is 2.33 bits per heavy atom. The van der Waals surface area contributed by atoms with Crippen molar-refractivity contribution >= 4 is 12.0 Å². The minimum absolute atomic E-state index is 0.0722. The van der Waals surface area contributed by atoms with E-state index in [1.165, 1.54) is 37.4 Å². The zero-order chi connectivity index (χ0) is 13.5. The summed E-state index contributed by atoms with van der Waals surface area (Å²) < 4.78 is 12.5. The van der Waals surface area contributed by atoms with E-state index in [1.54, 1.807) is 0 Å². The van der Waals surface area contributed by atoms with Crippen LogP contribution in [0.5, 0.6) is 0 Å². The number of rotatable bonds is 4. The number of nitro groups is 1. The molecule has 0 spiro atoms. The van der Waals surface area contributed by atoms with Gasteiger partial charge in [-0.2, -0.15) is 0 Å². The molecule has 0 aliphatic rings. The van der Waals surface area contributed by atoms with Gasteiger partial charge < -0.3 is 5.73 Å². The van der Waals surface area contributed by atoms with E-state index in [0.29, 0.717) is 5.82 Å². The smallest absolute Gasteiger partial charge is 0.245 e. The molecule has 2 N–H and O–H groups in total. The maximum absolute atomic E-state index is 12.5. The van der Waals surface area contributed by atoms with E-state index in [9.17, 15) is 14.5 Å². The van der Waals surface area contributed by atoms with Crippen LogP contribution < -0.4 is 5.73 Å². The Balaban J connectivity index is 2.71. The number of halogens is 1. The molecule has 0 saturated heterocycles. The van der Waals surface area contributed by atoms with Gasteiger partial charge in [0.15, 0.2) is 5.82 Å². The number of allylic oxidation sites excluding steroid dienone is 3. The van der Waals surface area contributed by atoms with Crippen molar-refractivity contribution in [1.82, 2.24) is 4.98 Å². The Kier molecular flexibility index (Phi) is 4.67. The van der Waals surface area contributed by atoms with Crippen molar-refractivity contribution < 1.29 is 9.31 Å². The molecule has 0 aliphatic carbocycles. The molecule has 0 fully saturated rings. The molecule has 1 heterocycles. The third-order valence-electron chi connectivity index (χ3n) is 1.85. The largest absolute Gasteiger partial charge is 0.398 e. The van der Waals surface area contributed by atoms with Gasteiger partial charge in [0, 0.05) is 24.9 Å². The number of hydrogen-bond acceptors (Lipinski definition) is 5. The van der Waals surface area contributed by atoms with Crippen LogP contribution >= 0.6 is 0 Å². The van der Waals surface area contributed by atoms with Gasteiger partial charge in [-0.05, 0) is 18.2 Å². The summed E-state index contributed by atoms with van der Waals surface area (Å²) in [6, 6.07) is 2.62. The predicted octanol–water partition coefficient (Wildman–Crippen LogP) is 1.95. The van der Waals surface area contributed by atoms with Gasteiger partial charge in [0.1, 0.15) is 5.82 Å².